The summed E-state index contributed by atoms with van der Waals surface area (Å²) in [6.07, 6.45) is 0. The quantitative estimate of drug-likeness (QED) is 0.784. The van der Waals surface area contributed by atoms with Crippen LogP contribution in [0.3, 0.4) is 0 Å². The van der Waals surface area contributed by atoms with Gasteiger partial charge in [0.25, 0.3) is 0 Å². The van der Waals surface area contributed by atoms with E-state index in [-0.39, 0.29) is 10.6 Å². The molecule has 0 amide bonds. The summed E-state index contributed by atoms with van der Waals surface area (Å²) in [5.74, 6) is 0.913. The van der Waals surface area contributed by atoms with Gasteiger partial charge in [-0.1, -0.05) is 22.0 Å². The third-order valence-corrected chi connectivity index (χ3v) is 3.33. The van der Waals surface area contributed by atoms with Crippen LogP contribution in [0.4, 0.5) is 0 Å². The predicted octanol–water partition coefficient (Wildman–Crippen LogP) is 3.42. The molecule has 15 heavy (non-hydrogen) atoms. The molecule has 2 nitrogen and oxygen atoms in total. The van der Waals surface area contributed by atoms with Gasteiger partial charge in [-0.3, -0.25) is 4.79 Å². The van der Waals surface area contributed by atoms with Crippen molar-refractivity contribution in [1.82, 2.24) is 0 Å². The molecule has 1 aromatic rings. The maximum Gasteiger partial charge on any atom is 0.147 e. The zero-order valence-electron chi connectivity index (χ0n) is 9.21. The Bertz CT molecular complexity index is 361. The van der Waals surface area contributed by atoms with Gasteiger partial charge in [0.05, 0.1) is 11.4 Å². The summed E-state index contributed by atoms with van der Waals surface area (Å²) in [5, 5.41) is 0. The standard InChI is InChI=1S/C12H15BrO2/c1-4-15-10-6-5-8(2)11(7-10)12(13)9(3)14/h5-7,12H,4H2,1-3H3. The molecule has 1 aromatic carbocycles. The Morgan fingerprint density at radius 2 is 2.20 bits per heavy atom. The first-order chi connectivity index (χ1) is 7.06. The zero-order chi connectivity index (χ0) is 11.4. The lowest BCUT2D eigenvalue weighted by molar-refractivity contribution is -0.116. The topological polar surface area (TPSA) is 26.3 Å². The average Bonchev–Trinajstić information content (AvgIpc) is 2.20. The number of carbonyl (C=O) groups excluding carboxylic acids is 1. The smallest absolute Gasteiger partial charge is 0.147 e. The Morgan fingerprint density at radius 3 is 2.73 bits per heavy atom. The summed E-state index contributed by atoms with van der Waals surface area (Å²) >= 11 is 3.38. The number of halogens is 1. The minimum atomic E-state index is -0.238. The van der Waals surface area contributed by atoms with E-state index in [1.54, 1.807) is 6.92 Å². The normalized spacial score (nSPS) is 12.3. The van der Waals surface area contributed by atoms with E-state index in [0.29, 0.717) is 6.61 Å². The van der Waals surface area contributed by atoms with Crippen molar-refractivity contribution in [2.75, 3.05) is 6.61 Å². The molecular formula is C12H15BrO2. The van der Waals surface area contributed by atoms with E-state index in [0.717, 1.165) is 16.9 Å². The van der Waals surface area contributed by atoms with E-state index in [9.17, 15) is 4.79 Å². The second-order valence-corrected chi connectivity index (χ2v) is 4.34. The molecule has 1 atom stereocenters. The van der Waals surface area contributed by atoms with Crippen LogP contribution < -0.4 is 4.74 Å². The molecule has 0 bridgehead atoms. The molecule has 0 aliphatic rings. The molecule has 0 spiro atoms. The molecule has 0 saturated heterocycles. The molecule has 1 unspecified atom stereocenters. The highest BCUT2D eigenvalue weighted by Crippen LogP contribution is 2.29. The van der Waals surface area contributed by atoms with Crippen molar-refractivity contribution < 1.29 is 9.53 Å². The van der Waals surface area contributed by atoms with E-state index in [1.807, 2.05) is 32.0 Å². The molecule has 0 radical (unpaired) electrons. The molecule has 0 heterocycles. The summed E-state index contributed by atoms with van der Waals surface area (Å²) in [6, 6.07) is 5.80. The second kappa shape index (κ2) is 5.31. The number of benzene rings is 1. The summed E-state index contributed by atoms with van der Waals surface area (Å²) in [7, 11) is 0. The molecule has 0 aliphatic heterocycles. The van der Waals surface area contributed by atoms with Gasteiger partial charge >= 0.3 is 0 Å². The average molecular weight is 271 g/mol. The van der Waals surface area contributed by atoms with Crippen LogP contribution >= 0.6 is 15.9 Å². The molecule has 1 rings (SSSR count). The van der Waals surface area contributed by atoms with Gasteiger partial charge in [0.1, 0.15) is 11.5 Å². The Balaban J connectivity index is 3.04. The molecule has 82 valence electrons. The predicted molar refractivity (Wildman–Crippen MR) is 64.7 cm³/mol. The molecule has 0 N–H and O–H groups in total. The molecule has 3 heteroatoms. The molecule has 0 aliphatic carbocycles. The number of ether oxygens (including phenoxy) is 1. The summed E-state index contributed by atoms with van der Waals surface area (Å²) in [5.41, 5.74) is 2.07. The lowest BCUT2D eigenvalue weighted by Gasteiger charge is -2.12. The highest BCUT2D eigenvalue weighted by molar-refractivity contribution is 9.09. The minimum Gasteiger partial charge on any atom is -0.494 e. The van der Waals surface area contributed by atoms with Crippen LogP contribution in [0.1, 0.15) is 29.8 Å². The van der Waals surface area contributed by atoms with Crippen LogP contribution in [-0.2, 0) is 4.79 Å². The van der Waals surface area contributed by atoms with Crippen molar-refractivity contribution in [2.45, 2.75) is 25.6 Å². The Kier molecular flexibility index (Phi) is 4.33. The van der Waals surface area contributed by atoms with E-state index < -0.39 is 0 Å². The van der Waals surface area contributed by atoms with Gasteiger partial charge in [-0.05, 0) is 44.0 Å². The van der Waals surface area contributed by atoms with Crippen molar-refractivity contribution in [2.24, 2.45) is 0 Å². The summed E-state index contributed by atoms with van der Waals surface area (Å²) in [4.78, 5) is 11.0. The molecule has 0 saturated carbocycles. The van der Waals surface area contributed by atoms with Crippen LogP contribution in [0.2, 0.25) is 0 Å². The van der Waals surface area contributed by atoms with Crippen LogP contribution in [0, 0.1) is 6.92 Å². The highest BCUT2D eigenvalue weighted by Gasteiger charge is 2.15. The van der Waals surface area contributed by atoms with Crippen LogP contribution in [0.15, 0.2) is 18.2 Å². The lowest BCUT2D eigenvalue weighted by Crippen LogP contribution is -2.04. The molecule has 0 aromatic heterocycles. The van der Waals surface area contributed by atoms with Crippen LogP contribution in [0.25, 0.3) is 0 Å². The largest absolute Gasteiger partial charge is 0.494 e. The van der Waals surface area contributed by atoms with E-state index >= 15 is 0 Å². The number of ketones is 1. The molecular weight excluding hydrogens is 256 g/mol. The zero-order valence-corrected chi connectivity index (χ0v) is 10.8. The van der Waals surface area contributed by atoms with Gasteiger partial charge in [0, 0.05) is 0 Å². The summed E-state index contributed by atoms with van der Waals surface area (Å²) in [6.45, 7) is 6.14. The third kappa shape index (κ3) is 3.06. The van der Waals surface area contributed by atoms with Gasteiger partial charge in [-0.15, -0.1) is 0 Å². The SMILES string of the molecule is CCOc1ccc(C)c(C(Br)C(C)=O)c1. The number of carbonyl (C=O) groups is 1. The van der Waals surface area contributed by atoms with Gasteiger partial charge in [-0.2, -0.15) is 0 Å². The van der Waals surface area contributed by atoms with Crippen LogP contribution in [-0.4, -0.2) is 12.4 Å². The fourth-order valence-electron chi connectivity index (χ4n) is 1.37. The maximum atomic E-state index is 11.3. The van der Waals surface area contributed by atoms with Gasteiger partial charge < -0.3 is 4.74 Å². The monoisotopic (exact) mass is 270 g/mol. The number of hydrogen-bond donors (Lipinski definition) is 0. The third-order valence-electron chi connectivity index (χ3n) is 2.19. The van der Waals surface area contributed by atoms with Crippen molar-refractivity contribution >= 4 is 21.7 Å². The fourth-order valence-corrected chi connectivity index (χ4v) is 1.86. The Labute approximate surface area is 98.8 Å². The number of rotatable bonds is 4. The summed E-state index contributed by atoms with van der Waals surface area (Å²) < 4.78 is 5.40. The lowest BCUT2D eigenvalue weighted by atomic mass is 10.0. The second-order valence-electron chi connectivity index (χ2n) is 3.42. The number of aryl methyl sites for hydroxylation is 1. The Hall–Kier alpha value is -0.830. The molecule has 0 fully saturated rings. The first-order valence-corrected chi connectivity index (χ1v) is 5.85. The van der Waals surface area contributed by atoms with Gasteiger partial charge in [0.2, 0.25) is 0 Å². The minimum absolute atomic E-state index is 0.103. The van der Waals surface area contributed by atoms with Crippen molar-refractivity contribution in [3.63, 3.8) is 0 Å². The fraction of sp³-hybridized carbons (Fsp3) is 0.417. The first-order valence-electron chi connectivity index (χ1n) is 4.94. The van der Waals surface area contributed by atoms with Gasteiger partial charge in [0.15, 0.2) is 0 Å². The Morgan fingerprint density at radius 1 is 1.53 bits per heavy atom. The van der Waals surface area contributed by atoms with Crippen molar-refractivity contribution in [3.05, 3.63) is 29.3 Å². The van der Waals surface area contributed by atoms with E-state index in [2.05, 4.69) is 15.9 Å². The maximum absolute atomic E-state index is 11.3. The van der Waals surface area contributed by atoms with Crippen molar-refractivity contribution in [3.8, 4) is 5.75 Å². The van der Waals surface area contributed by atoms with Crippen LogP contribution in [0.5, 0.6) is 5.75 Å². The number of alkyl halides is 1. The van der Waals surface area contributed by atoms with Crippen molar-refractivity contribution in [1.29, 1.82) is 0 Å². The highest BCUT2D eigenvalue weighted by atomic mass is 79.9. The van der Waals surface area contributed by atoms with Gasteiger partial charge in [-0.25, -0.2) is 0 Å². The number of Topliss-reactive ketones (excluding diaryl/α,β-unsaturated/α-hetero) is 1. The number of hydrogen-bond acceptors (Lipinski definition) is 2. The van der Waals surface area contributed by atoms with E-state index in [1.165, 1.54) is 0 Å². The van der Waals surface area contributed by atoms with E-state index in [4.69, 9.17) is 4.74 Å². The first kappa shape index (κ1) is 12.2.